The van der Waals surface area contributed by atoms with E-state index in [4.69, 9.17) is 5.26 Å². The van der Waals surface area contributed by atoms with Crippen molar-refractivity contribution in [2.75, 3.05) is 18.5 Å². The van der Waals surface area contributed by atoms with Gasteiger partial charge in [0.1, 0.15) is 6.07 Å². The molecule has 0 aromatic heterocycles. The van der Waals surface area contributed by atoms with Gasteiger partial charge >= 0.3 is 0 Å². The van der Waals surface area contributed by atoms with Crippen LogP contribution in [0.2, 0.25) is 0 Å². The number of likely N-dealkylation sites (N-methyl/N-ethyl adjacent to an activating group) is 1. The smallest absolute Gasteiger partial charge is 0.101 e. The summed E-state index contributed by atoms with van der Waals surface area (Å²) in [5, 5.41) is 8.90. The molecule has 0 heterocycles. The van der Waals surface area contributed by atoms with Crippen LogP contribution >= 0.6 is 0 Å². The van der Waals surface area contributed by atoms with E-state index in [1.54, 1.807) is 0 Å². The lowest BCUT2D eigenvalue weighted by Crippen LogP contribution is -2.19. The molecule has 0 aliphatic heterocycles. The van der Waals surface area contributed by atoms with Crippen LogP contribution in [0.1, 0.15) is 12.5 Å². The number of nitriles is 1. The van der Waals surface area contributed by atoms with Crippen molar-refractivity contribution in [2.24, 2.45) is 0 Å². The third-order valence-electron chi connectivity index (χ3n) is 1.94. The molecule has 0 fully saturated rings. The number of benzene rings is 1. The average Bonchev–Trinajstić information content (AvgIpc) is 2.16. The molecule has 0 radical (unpaired) electrons. The molecule has 1 rings (SSSR count). The van der Waals surface area contributed by atoms with Gasteiger partial charge in [-0.15, -0.1) is 0 Å². The van der Waals surface area contributed by atoms with Gasteiger partial charge in [0.15, 0.2) is 0 Å². The molecule has 0 amide bonds. The van der Waals surface area contributed by atoms with E-state index in [9.17, 15) is 0 Å². The van der Waals surface area contributed by atoms with Crippen LogP contribution < -0.4 is 4.90 Å². The molecule has 1 aromatic carbocycles. The molecule has 2 nitrogen and oxygen atoms in total. The van der Waals surface area contributed by atoms with E-state index < -0.39 is 0 Å². The maximum atomic E-state index is 8.90. The summed E-state index contributed by atoms with van der Waals surface area (Å²) in [6, 6.07) is 9.76. The van der Waals surface area contributed by atoms with Crippen molar-refractivity contribution in [3.63, 3.8) is 0 Å². The molecular formula is C12H14N2. The second-order valence-electron chi connectivity index (χ2n) is 3.44. The summed E-state index contributed by atoms with van der Waals surface area (Å²) in [7, 11) is 1.96. The molecule has 0 bridgehead atoms. The first-order chi connectivity index (χ1) is 6.65. The Labute approximate surface area is 85.1 Å². The summed E-state index contributed by atoms with van der Waals surface area (Å²) >= 11 is 0. The van der Waals surface area contributed by atoms with Crippen molar-refractivity contribution in [3.05, 3.63) is 42.0 Å². The minimum atomic E-state index is 0.705. The third kappa shape index (κ3) is 2.37. The lowest BCUT2D eigenvalue weighted by Gasteiger charge is -2.20. The van der Waals surface area contributed by atoms with Crippen molar-refractivity contribution in [3.8, 4) is 6.07 Å². The standard InChI is InChI=1S/C12H14N2/c1-10(2)9-14(3)12-7-5-4-6-11(12)8-13/h4-7H,1,9H2,2-3H3. The summed E-state index contributed by atoms with van der Waals surface area (Å²) in [4.78, 5) is 2.03. The van der Waals surface area contributed by atoms with E-state index in [2.05, 4.69) is 12.6 Å². The van der Waals surface area contributed by atoms with Crippen molar-refractivity contribution in [2.45, 2.75) is 6.92 Å². The topological polar surface area (TPSA) is 27.0 Å². The van der Waals surface area contributed by atoms with Crippen LogP contribution in [0, 0.1) is 11.3 Å². The van der Waals surface area contributed by atoms with Crippen LogP contribution in [0.15, 0.2) is 36.4 Å². The van der Waals surface area contributed by atoms with Gasteiger partial charge in [0.2, 0.25) is 0 Å². The fourth-order valence-electron chi connectivity index (χ4n) is 1.39. The number of hydrogen-bond acceptors (Lipinski definition) is 2. The Morgan fingerprint density at radius 1 is 1.50 bits per heavy atom. The molecule has 0 N–H and O–H groups in total. The minimum Gasteiger partial charge on any atom is -0.370 e. The molecule has 0 aliphatic rings. The van der Waals surface area contributed by atoms with Crippen LogP contribution in [-0.2, 0) is 0 Å². The maximum absolute atomic E-state index is 8.90. The Kier molecular flexibility index (Phi) is 3.30. The predicted molar refractivity (Wildman–Crippen MR) is 59.2 cm³/mol. The highest BCUT2D eigenvalue weighted by Gasteiger charge is 2.05. The van der Waals surface area contributed by atoms with E-state index in [0.717, 1.165) is 17.8 Å². The lowest BCUT2D eigenvalue weighted by atomic mass is 10.1. The molecule has 0 saturated carbocycles. The van der Waals surface area contributed by atoms with Gasteiger partial charge in [-0.3, -0.25) is 0 Å². The van der Waals surface area contributed by atoms with Gasteiger partial charge in [0.05, 0.1) is 11.3 Å². The van der Waals surface area contributed by atoms with Crippen LogP contribution in [-0.4, -0.2) is 13.6 Å². The Morgan fingerprint density at radius 3 is 2.71 bits per heavy atom. The Bertz CT molecular complexity index is 374. The first kappa shape index (κ1) is 10.3. The second-order valence-corrected chi connectivity index (χ2v) is 3.44. The van der Waals surface area contributed by atoms with E-state index in [1.165, 1.54) is 0 Å². The number of para-hydroxylation sites is 1. The summed E-state index contributed by atoms with van der Waals surface area (Å²) in [5.74, 6) is 0. The molecular weight excluding hydrogens is 172 g/mol. The van der Waals surface area contributed by atoms with Crippen molar-refractivity contribution < 1.29 is 0 Å². The van der Waals surface area contributed by atoms with Gasteiger partial charge in [-0.05, 0) is 19.1 Å². The number of rotatable bonds is 3. The van der Waals surface area contributed by atoms with Gasteiger partial charge in [-0.2, -0.15) is 5.26 Å². The van der Waals surface area contributed by atoms with E-state index in [1.807, 2.05) is 43.1 Å². The SMILES string of the molecule is C=C(C)CN(C)c1ccccc1C#N. The second kappa shape index (κ2) is 4.48. The number of hydrogen-bond donors (Lipinski definition) is 0. The largest absolute Gasteiger partial charge is 0.370 e. The molecule has 1 aromatic rings. The Hall–Kier alpha value is -1.75. The fraction of sp³-hybridized carbons (Fsp3) is 0.250. The lowest BCUT2D eigenvalue weighted by molar-refractivity contribution is 0.983. The zero-order chi connectivity index (χ0) is 10.6. The van der Waals surface area contributed by atoms with Crippen LogP contribution in [0.4, 0.5) is 5.69 Å². The van der Waals surface area contributed by atoms with Gasteiger partial charge in [-0.25, -0.2) is 0 Å². The van der Waals surface area contributed by atoms with Crippen LogP contribution in [0.5, 0.6) is 0 Å². The molecule has 0 saturated heterocycles. The molecule has 72 valence electrons. The molecule has 0 aliphatic carbocycles. The number of nitrogens with zero attached hydrogens (tertiary/aromatic N) is 2. The highest BCUT2D eigenvalue weighted by molar-refractivity contribution is 5.59. The summed E-state index contributed by atoms with van der Waals surface area (Å²) in [6.07, 6.45) is 0. The van der Waals surface area contributed by atoms with E-state index in [0.29, 0.717) is 5.56 Å². The van der Waals surface area contributed by atoms with Crippen LogP contribution in [0.3, 0.4) is 0 Å². The average molecular weight is 186 g/mol. The van der Waals surface area contributed by atoms with Crippen molar-refractivity contribution >= 4 is 5.69 Å². The predicted octanol–water partition coefficient (Wildman–Crippen LogP) is 2.57. The van der Waals surface area contributed by atoms with E-state index in [-0.39, 0.29) is 0 Å². The molecule has 0 spiro atoms. The summed E-state index contributed by atoms with van der Waals surface area (Å²) in [5.41, 5.74) is 2.74. The van der Waals surface area contributed by atoms with Gasteiger partial charge < -0.3 is 4.90 Å². The molecule has 0 unspecified atom stereocenters. The molecule has 14 heavy (non-hydrogen) atoms. The minimum absolute atomic E-state index is 0.705. The highest BCUT2D eigenvalue weighted by Crippen LogP contribution is 2.18. The maximum Gasteiger partial charge on any atom is 0.101 e. The Morgan fingerprint density at radius 2 is 2.14 bits per heavy atom. The van der Waals surface area contributed by atoms with Crippen molar-refractivity contribution in [1.29, 1.82) is 5.26 Å². The quantitative estimate of drug-likeness (QED) is 0.678. The number of anilines is 1. The summed E-state index contributed by atoms with van der Waals surface area (Å²) in [6.45, 7) is 6.61. The van der Waals surface area contributed by atoms with Crippen LogP contribution in [0.25, 0.3) is 0 Å². The molecule has 2 heteroatoms. The van der Waals surface area contributed by atoms with Gasteiger partial charge in [-0.1, -0.05) is 24.3 Å². The normalized spacial score (nSPS) is 9.21. The zero-order valence-electron chi connectivity index (χ0n) is 8.62. The van der Waals surface area contributed by atoms with Gasteiger partial charge in [0, 0.05) is 13.6 Å². The monoisotopic (exact) mass is 186 g/mol. The molecule has 0 atom stereocenters. The van der Waals surface area contributed by atoms with Gasteiger partial charge in [0.25, 0.3) is 0 Å². The first-order valence-corrected chi connectivity index (χ1v) is 4.50. The summed E-state index contributed by atoms with van der Waals surface area (Å²) < 4.78 is 0. The first-order valence-electron chi connectivity index (χ1n) is 4.50. The van der Waals surface area contributed by atoms with Crippen molar-refractivity contribution in [1.82, 2.24) is 0 Å². The highest BCUT2D eigenvalue weighted by atomic mass is 15.1. The third-order valence-corrected chi connectivity index (χ3v) is 1.94. The zero-order valence-corrected chi connectivity index (χ0v) is 8.62. The fourth-order valence-corrected chi connectivity index (χ4v) is 1.39. The Balaban J connectivity index is 2.95. The van der Waals surface area contributed by atoms with E-state index >= 15 is 0 Å².